The lowest BCUT2D eigenvalue weighted by Gasteiger charge is -2.15. The largest absolute Gasteiger partial charge is 0.337 e. The molecule has 1 atom stereocenters. The smallest absolute Gasteiger partial charge is 0.0946 e. The van der Waals surface area contributed by atoms with Crippen molar-refractivity contribution in [2.45, 2.75) is 12.5 Å². The summed E-state index contributed by atoms with van der Waals surface area (Å²) in [6, 6.07) is 10.5. The molecule has 1 aromatic carbocycles. The van der Waals surface area contributed by atoms with Crippen LogP contribution in [0.5, 0.6) is 0 Å². The van der Waals surface area contributed by atoms with Crippen LogP contribution in [0.25, 0.3) is 0 Å². The minimum Gasteiger partial charge on any atom is -0.337 e. The van der Waals surface area contributed by atoms with Crippen LogP contribution in [0.1, 0.15) is 11.5 Å². The van der Waals surface area contributed by atoms with Crippen LogP contribution in [-0.2, 0) is 6.54 Å². The summed E-state index contributed by atoms with van der Waals surface area (Å²) in [4.78, 5) is 4.04. The Hall–Kier alpha value is -1.22. The molecule has 2 rings (SSSR count). The fourth-order valence-corrected chi connectivity index (χ4v) is 1.97. The van der Waals surface area contributed by atoms with Crippen molar-refractivity contribution in [2.75, 3.05) is 5.75 Å². The van der Waals surface area contributed by atoms with E-state index in [0.717, 1.165) is 12.3 Å². The van der Waals surface area contributed by atoms with Gasteiger partial charge in [-0.15, -0.1) is 0 Å². The predicted octanol–water partition coefficient (Wildman–Crippen LogP) is 2.60. The summed E-state index contributed by atoms with van der Waals surface area (Å²) < 4.78 is 2.09. The van der Waals surface area contributed by atoms with E-state index < -0.39 is 0 Å². The normalized spacial score (nSPS) is 12.6. The summed E-state index contributed by atoms with van der Waals surface area (Å²) in [5, 5.41) is 0. The molecule has 0 aliphatic carbocycles. The summed E-state index contributed by atoms with van der Waals surface area (Å²) in [6.07, 6.45) is 5.64. The second-order valence-corrected chi connectivity index (χ2v) is 3.91. The Morgan fingerprint density at radius 2 is 2.07 bits per heavy atom. The number of hydrogen-bond acceptors (Lipinski definition) is 2. The molecule has 78 valence electrons. The van der Waals surface area contributed by atoms with Crippen LogP contribution in [0.4, 0.5) is 0 Å². The first kappa shape index (κ1) is 10.3. The Morgan fingerprint density at radius 3 is 2.67 bits per heavy atom. The first-order chi connectivity index (χ1) is 7.40. The molecule has 1 unspecified atom stereocenters. The second-order valence-electron chi connectivity index (χ2n) is 3.55. The molecule has 0 amide bonds. The lowest BCUT2D eigenvalue weighted by molar-refractivity contribution is 0.604. The molecule has 0 fully saturated rings. The van der Waals surface area contributed by atoms with E-state index in [1.54, 1.807) is 6.20 Å². The quantitative estimate of drug-likeness (QED) is 0.781. The van der Waals surface area contributed by atoms with Gasteiger partial charge in [-0.1, -0.05) is 30.3 Å². The topological polar surface area (TPSA) is 17.8 Å². The summed E-state index contributed by atoms with van der Waals surface area (Å²) >= 11 is 4.40. The van der Waals surface area contributed by atoms with Crippen LogP contribution in [0, 0.1) is 0 Å². The van der Waals surface area contributed by atoms with Crippen molar-refractivity contribution >= 4 is 12.6 Å². The number of rotatable bonds is 4. The van der Waals surface area contributed by atoms with Gasteiger partial charge in [0.1, 0.15) is 0 Å². The Morgan fingerprint density at radius 1 is 1.27 bits per heavy atom. The highest BCUT2D eigenvalue weighted by Crippen LogP contribution is 2.18. The van der Waals surface area contributed by atoms with Crippen molar-refractivity contribution in [3.8, 4) is 0 Å². The van der Waals surface area contributed by atoms with Crippen LogP contribution in [0.2, 0.25) is 0 Å². The van der Waals surface area contributed by atoms with Crippen LogP contribution in [0.3, 0.4) is 0 Å². The van der Waals surface area contributed by atoms with Crippen molar-refractivity contribution in [2.24, 2.45) is 0 Å². The molecule has 0 radical (unpaired) electrons. The van der Waals surface area contributed by atoms with Crippen LogP contribution >= 0.6 is 12.6 Å². The Kier molecular flexibility index (Phi) is 3.45. The van der Waals surface area contributed by atoms with E-state index in [4.69, 9.17) is 0 Å². The van der Waals surface area contributed by atoms with E-state index in [0.29, 0.717) is 5.92 Å². The van der Waals surface area contributed by atoms with Gasteiger partial charge in [0.2, 0.25) is 0 Å². The first-order valence-corrected chi connectivity index (χ1v) is 5.65. The van der Waals surface area contributed by atoms with E-state index in [2.05, 4.69) is 46.4 Å². The molecule has 15 heavy (non-hydrogen) atoms. The van der Waals surface area contributed by atoms with Gasteiger partial charge in [-0.3, -0.25) is 0 Å². The maximum atomic E-state index is 4.40. The second kappa shape index (κ2) is 5.03. The van der Waals surface area contributed by atoms with Crippen molar-refractivity contribution in [3.63, 3.8) is 0 Å². The Bertz CT molecular complexity index is 383. The zero-order chi connectivity index (χ0) is 10.5. The van der Waals surface area contributed by atoms with Gasteiger partial charge in [0.15, 0.2) is 0 Å². The lowest BCUT2D eigenvalue weighted by Crippen LogP contribution is -2.09. The molecule has 0 saturated carbocycles. The third kappa shape index (κ3) is 2.63. The van der Waals surface area contributed by atoms with E-state index in [9.17, 15) is 0 Å². The van der Waals surface area contributed by atoms with E-state index in [-0.39, 0.29) is 0 Å². The number of nitrogens with zero attached hydrogens (tertiary/aromatic N) is 2. The average molecular weight is 218 g/mol. The molecule has 1 aromatic heterocycles. The molecule has 0 aliphatic heterocycles. The van der Waals surface area contributed by atoms with Gasteiger partial charge in [-0.2, -0.15) is 12.6 Å². The van der Waals surface area contributed by atoms with Gasteiger partial charge >= 0.3 is 0 Å². The highest BCUT2D eigenvalue weighted by atomic mass is 32.1. The van der Waals surface area contributed by atoms with Gasteiger partial charge < -0.3 is 4.57 Å². The summed E-state index contributed by atoms with van der Waals surface area (Å²) in [6.45, 7) is 0.938. The van der Waals surface area contributed by atoms with Crippen LogP contribution in [0.15, 0.2) is 49.1 Å². The molecule has 0 bridgehead atoms. The number of thiol groups is 1. The minimum atomic E-state index is 0.448. The zero-order valence-electron chi connectivity index (χ0n) is 8.45. The van der Waals surface area contributed by atoms with Gasteiger partial charge in [-0.25, -0.2) is 4.98 Å². The predicted molar refractivity (Wildman–Crippen MR) is 65.3 cm³/mol. The molecule has 2 aromatic rings. The molecule has 0 saturated heterocycles. The van der Waals surface area contributed by atoms with Crippen molar-refractivity contribution < 1.29 is 0 Å². The fourth-order valence-electron chi connectivity index (χ4n) is 1.64. The summed E-state index contributed by atoms with van der Waals surface area (Å²) in [7, 11) is 0. The molecule has 1 heterocycles. The third-order valence-electron chi connectivity index (χ3n) is 2.48. The van der Waals surface area contributed by atoms with Crippen molar-refractivity contribution in [3.05, 3.63) is 54.6 Å². The SMILES string of the molecule is SCC(Cn1ccnc1)c1ccccc1. The molecule has 0 N–H and O–H groups in total. The van der Waals surface area contributed by atoms with Crippen LogP contribution < -0.4 is 0 Å². The fraction of sp³-hybridized carbons (Fsp3) is 0.250. The molecule has 3 heteroatoms. The summed E-state index contributed by atoms with van der Waals surface area (Å²) in [5.41, 5.74) is 1.33. The summed E-state index contributed by atoms with van der Waals surface area (Å²) in [5.74, 6) is 1.30. The van der Waals surface area contributed by atoms with Gasteiger partial charge in [0.05, 0.1) is 6.33 Å². The zero-order valence-corrected chi connectivity index (χ0v) is 9.35. The van der Waals surface area contributed by atoms with Crippen LogP contribution in [-0.4, -0.2) is 15.3 Å². The average Bonchev–Trinajstić information content (AvgIpc) is 2.80. The van der Waals surface area contributed by atoms with Gasteiger partial charge in [0.25, 0.3) is 0 Å². The first-order valence-electron chi connectivity index (χ1n) is 5.01. The molecule has 0 spiro atoms. The number of aromatic nitrogens is 2. The van der Waals surface area contributed by atoms with Gasteiger partial charge in [-0.05, 0) is 11.3 Å². The standard InChI is InChI=1S/C12H14N2S/c15-9-12(8-14-7-6-13-10-14)11-4-2-1-3-5-11/h1-7,10,12,15H,8-9H2. The molecule has 0 aliphatic rings. The van der Waals surface area contributed by atoms with E-state index in [1.807, 2.05) is 18.6 Å². The highest BCUT2D eigenvalue weighted by molar-refractivity contribution is 7.80. The van der Waals surface area contributed by atoms with E-state index >= 15 is 0 Å². The third-order valence-corrected chi connectivity index (χ3v) is 2.92. The van der Waals surface area contributed by atoms with Gasteiger partial charge in [0, 0.05) is 24.9 Å². The molecule has 2 nitrogen and oxygen atoms in total. The minimum absolute atomic E-state index is 0.448. The Labute approximate surface area is 95.4 Å². The number of benzene rings is 1. The monoisotopic (exact) mass is 218 g/mol. The van der Waals surface area contributed by atoms with E-state index in [1.165, 1.54) is 5.56 Å². The lowest BCUT2D eigenvalue weighted by atomic mass is 10.0. The molecular weight excluding hydrogens is 204 g/mol. The molecular formula is C12H14N2S. The highest BCUT2D eigenvalue weighted by Gasteiger charge is 2.09. The van der Waals surface area contributed by atoms with Crippen molar-refractivity contribution in [1.29, 1.82) is 0 Å². The van der Waals surface area contributed by atoms with Crippen molar-refractivity contribution in [1.82, 2.24) is 9.55 Å². The number of imidazole rings is 1. The maximum Gasteiger partial charge on any atom is 0.0946 e. The number of hydrogen-bond donors (Lipinski definition) is 1. The Balaban J connectivity index is 2.12. The maximum absolute atomic E-state index is 4.40.